The van der Waals surface area contributed by atoms with Gasteiger partial charge >= 0.3 is 0 Å². The highest BCUT2D eigenvalue weighted by atomic mass is 16.5. The van der Waals surface area contributed by atoms with Crippen LogP contribution in [-0.2, 0) is 9.47 Å². The van der Waals surface area contributed by atoms with Crippen LogP contribution in [0.5, 0.6) is 0 Å². The summed E-state index contributed by atoms with van der Waals surface area (Å²) in [5, 5.41) is 3.11. The van der Waals surface area contributed by atoms with Gasteiger partial charge in [-0.05, 0) is 19.4 Å². The van der Waals surface area contributed by atoms with Gasteiger partial charge in [-0.1, -0.05) is 19.3 Å². The lowest BCUT2D eigenvalue weighted by molar-refractivity contribution is -0.00825. The van der Waals surface area contributed by atoms with E-state index in [-0.39, 0.29) is 6.10 Å². The topological polar surface area (TPSA) is 30.5 Å². The highest BCUT2D eigenvalue weighted by Crippen LogP contribution is 2.29. The third kappa shape index (κ3) is 4.40. The molecule has 3 heteroatoms. The summed E-state index contributed by atoms with van der Waals surface area (Å²) in [5.74, 6) is 0.938. The van der Waals surface area contributed by atoms with Crippen molar-refractivity contribution in [2.24, 2.45) is 5.92 Å². The summed E-state index contributed by atoms with van der Waals surface area (Å²) < 4.78 is 10.8. The molecule has 0 bridgehead atoms. The molecule has 1 rings (SSSR count). The Morgan fingerprint density at radius 3 is 2.71 bits per heavy atom. The molecule has 0 radical (unpaired) electrons. The summed E-state index contributed by atoms with van der Waals surface area (Å²) in [6.07, 6.45) is 5.67. The average Bonchev–Trinajstić information content (AvgIpc) is 2.10. The van der Waals surface area contributed by atoms with Crippen LogP contribution in [0.3, 0.4) is 0 Å². The molecule has 0 heterocycles. The summed E-state index contributed by atoms with van der Waals surface area (Å²) in [7, 11) is 3.66. The quantitative estimate of drug-likeness (QED) is 0.644. The molecule has 1 atom stereocenters. The summed E-state index contributed by atoms with van der Waals surface area (Å²) in [4.78, 5) is 0. The standard InChI is InChI=1S/C11H23NO2/c1-12-8-11(9-13-2)14-7-6-10-4-3-5-10/h10-12H,3-9H2,1-2H3. The molecule has 1 N–H and O–H groups in total. The largest absolute Gasteiger partial charge is 0.382 e. The minimum atomic E-state index is 0.213. The van der Waals surface area contributed by atoms with Crippen LogP contribution in [0, 0.1) is 5.92 Å². The van der Waals surface area contributed by atoms with Crippen molar-refractivity contribution in [2.75, 3.05) is 33.9 Å². The first-order chi connectivity index (χ1) is 6.86. The first-order valence-electron chi connectivity index (χ1n) is 5.62. The van der Waals surface area contributed by atoms with Crippen molar-refractivity contribution in [3.05, 3.63) is 0 Å². The van der Waals surface area contributed by atoms with Gasteiger partial charge in [-0.3, -0.25) is 0 Å². The smallest absolute Gasteiger partial charge is 0.0932 e. The van der Waals surface area contributed by atoms with Crippen molar-refractivity contribution in [1.29, 1.82) is 0 Å². The van der Waals surface area contributed by atoms with E-state index in [4.69, 9.17) is 9.47 Å². The Balaban J connectivity index is 1.99. The fourth-order valence-electron chi connectivity index (χ4n) is 1.76. The second kappa shape index (κ2) is 7.21. The van der Waals surface area contributed by atoms with E-state index in [1.807, 2.05) is 7.05 Å². The van der Waals surface area contributed by atoms with Gasteiger partial charge in [0.1, 0.15) is 0 Å². The van der Waals surface area contributed by atoms with Crippen LogP contribution in [-0.4, -0.2) is 40.0 Å². The van der Waals surface area contributed by atoms with Gasteiger partial charge in [0.15, 0.2) is 0 Å². The Kier molecular flexibility index (Phi) is 6.15. The fraction of sp³-hybridized carbons (Fsp3) is 1.00. The van der Waals surface area contributed by atoms with Crippen molar-refractivity contribution in [2.45, 2.75) is 31.8 Å². The molecular weight excluding hydrogens is 178 g/mol. The summed E-state index contributed by atoms with van der Waals surface area (Å²) in [6.45, 7) is 2.45. The molecule has 1 aliphatic carbocycles. The zero-order valence-corrected chi connectivity index (χ0v) is 9.42. The first kappa shape index (κ1) is 12.0. The average molecular weight is 201 g/mol. The molecule has 0 saturated heterocycles. The molecule has 0 spiro atoms. The number of hydrogen-bond acceptors (Lipinski definition) is 3. The monoisotopic (exact) mass is 201 g/mol. The predicted octanol–water partition coefficient (Wildman–Crippen LogP) is 1.43. The van der Waals surface area contributed by atoms with E-state index in [1.54, 1.807) is 7.11 Å². The minimum absolute atomic E-state index is 0.213. The van der Waals surface area contributed by atoms with Crippen molar-refractivity contribution in [3.8, 4) is 0 Å². The van der Waals surface area contributed by atoms with Crippen molar-refractivity contribution >= 4 is 0 Å². The molecular formula is C11H23NO2. The molecule has 0 aromatic carbocycles. The third-order valence-electron chi connectivity index (χ3n) is 2.89. The zero-order chi connectivity index (χ0) is 10.2. The molecule has 1 saturated carbocycles. The first-order valence-corrected chi connectivity index (χ1v) is 5.62. The lowest BCUT2D eigenvalue weighted by Gasteiger charge is -2.26. The maximum Gasteiger partial charge on any atom is 0.0932 e. The summed E-state index contributed by atoms with van der Waals surface area (Å²) in [6, 6.07) is 0. The number of likely N-dealkylation sites (N-methyl/N-ethyl adjacent to an activating group) is 1. The normalized spacial score (nSPS) is 19.3. The Morgan fingerprint density at radius 2 is 2.21 bits per heavy atom. The van der Waals surface area contributed by atoms with Gasteiger partial charge in [-0.15, -0.1) is 0 Å². The Labute approximate surface area is 87.2 Å². The lowest BCUT2D eigenvalue weighted by atomic mass is 9.83. The van der Waals surface area contributed by atoms with E-state index >= 15 is 0 Å². The molecule has 0 aliphatic heterocycles. The van der Waals surface area contributed by atoms with Crippen LogP contribution in [0.1, 0.15) is 25.7 Å². The molecule has 84 valence electrons. The number of hydrogen-bond donors (Lipinski definition) is 1. The number of nitrogens with one attached hydrogen (secondary N) is 1. The zero-order valence-electron chi connectivity index (χ0n) is 9.42. The maximum absolute atomic E-state index is 5.74. The van der Waals surface area contributed by atoms with E-state index < -0.39 is 0 Å². The number of rotatable bonds is 8. The molecule has 14 heavy (non-hydrogen) atoms. The van der Waals surface area contributed by atoms with E-state index in [2.05, 4.69) is 5.32 Å². The summed E-state index contributed by atoms with van der Waals surface area (Å²) >= 11 is 0. The van der Waals surface area contributed by atoms with E-state index in [0.29, 0.717) is 6.61 Å². The molecule has 1 fully saturated rings. The SMILES string of the molecule is CNCC(COC)OCCC1CCC1. The highest BCUT2D eigenvalue weighted by Gasteiger charge is 2.17. The van der Waals surface area contributed by atoms with Gasteiger partial charge in [-0.2, -0.15) is 0 Å². The van der Waals surface area contributed by atoms with E-state index in [9.17, 15) is 0 Å². The molecule has 0 aromatic heterocycles. The van der Waals surface area contributed by atoms with Gasteiger partial charge in [0, 0.05) is 20.3 Å². The predicted molar refractivity (Wildman–Crippen MR) is 57.5 cm³/mol. The van der Waals surface area contributed by atoms with Crippen LogP contribution in [0.4, 0.5) is 0 Å². The van der Waals surface area contributed by atoms with Gasteiger partial charge in [0.05, 0.1) is 12.7 Å². The molecule has 1 aliphatic rings. The molecule has 0 amide bonds. The van der Waals surface area contributed by atoms with E-state index in [0.717, 1.165) is 19.1 Å². The second-order valence-electron chi connectivity index (χ2n) is 4.09. The van der Waals surface area contributed by atoms with Crippen molar-refractivity contribution < 1.29 is 9.47 Å². The van der Waals surface area contributed by atoms with Gasteiger partial charge in [0.25, 0.3) is 0 Å². The van der Waals surface area contributed by atoms with Crippen LogP contribution < -0.4 is 5.32 Å². The maximum atomic E-state index is 5.74. The van der Waals surface area contributed by atoms with Gasteiger partial charge in [-0.25, -0.2) is 0 Å². The molecule has 1 unspecified atom stereocenters. The van der Waals surface area contributed by atoms with E-state index in [1.165, 1.54) is 25.7 Å². The second-order valence-corrected chi connectivity index (χ2v) is 4.09. The van der Waals surface area contributed by atoms with Gasteiger partial charge < -0.3 is 14.8 Å². The van der Waals surface area contributed by atoms with Crippen LogP contribution in [0.2, 0.25) is 0 Å². The Morgan fingerprint density at radius 1 is 1.43 bits per heavy atom. The van der Waals surface area contributed by atoms with Crippen LogP contribution in [0.25, 0.3) is 0 Å². The Hall–Kier alpha value is -0.120. The van der Waals surface area contributed by atoms with Crippen LogP contribution in [0.15, 0.2) is 0 Å². The van der Waals surface area contributed by atoms with Crippen molar-refractivity contribution in [3.63, 3.8) is 0 Å². The third-order valence-corrected chi connectivity index (χ3v) is 2.89. The minimum Gasteiger partial charge on any atom is -0.382 e. The van der Waals surface area contributed by atoms with Crippen LogP contribution >= 0.6 is 0 Å². The van der Waals surface area contributed by atoms with Gasteiger partial charge in [0.2, 0.25) is 0 Å². The highest BCUT2D eigenvalue weighted by molar-refractivity contribution is 4.69. The number of ether oxygens (including phenoxy) is 2. The lowest BCUT2D eigenvalue weighted by Crippen LogP contribution is -2.31. The molecule has 3 nitrogen and oxygen atoms in total. The number of methoxy groups -OCH3 is 1. The summed E-state index contributed by atoms with van der Waals surface area (Å²) in [5.41, 5.74) is 0. The molecule has 0 aromatic rings. The van der Waals surface area contributed by atoms with Crippen molar-refractivity contribution in [1.82, 2.24) is 5.32 Å². The fourth-order valence-corrected chi connectivity index (χ4v) is 1.76. The Bertz CT molecular complexity index is 131.